The quantitative estimate of drug-likeness (QED) is 0.198. The van der Waals surface area contributed by atoms with E-state index in [0.717, 1.165) is 0 Å². The minimum atomic E-state index is -1.73. The van der Waals surface area contributed by atoms with Gasteiger partial charge in [0.05, 0.1) is 5.94 Å². The van der Waals surface area contributed by atoms with Gasteiger partial charge < -0.3 is 36.5 Å². The first-order chi connectivity index (χ1) is 13.3. The summed E-state index contributed by atoms with van der Waals surface area (Å²) in [5.74, 6) is -2.24. The summed E-state index contributed by atoms with van der Waals surface area (Å²) in [7, 11) is -1.73. The van der Waals surface area contributed by atoms with Crippen molar-refractivity contribution in [2.75, 3.05) is 6.54 Å². The molecular formula is C18H37BN4O6. The zero-order chi connectivity index (χ0) is 22.8. The van der Waals surface area contributed by atoms with E-state index in [0.29, 0.717) is 25.8 Å². The van der Waals surface area contributed by atoms with Crippen LogP contribution in [-0.2, 0) is 14.3 Å². The third kappa shape index (κ3) is 11.7. The molecule has 0 aromatic heterocycles. The lowest BCUT2D eigenvalue weighted by molar-refractivity contribution is -0.131. The van der Waals surface area contributed by atoms with E-state index in [1.54, 1.807) is 34.6 Å². The normalized spacial score (nSPS) is 14.6. The second-order valence-electron chi connectivity index (χ2n) is 8.41. The van der Waals surface area contributed by atoms with Crippen LogP contribution in [0.4, 0.5) is 4.79 Å². The molecule has 0 aromatic carbocycles. The summed E-state index contributed by atoms with van der Waals surface area (Å²) in [5.41, 5.74) is 4.73. The van der Waals surface area contributed by atoms with Crippen molar-refractivity contribution >= 4 is 25.0 Å². The van der Waals surface area contributed by atoms with Crippen molar-refractivity contribution in [3.63, 3.8) is 0 Å². The number of hydrogen-bond acceptors (Lipinski definition) is 7. The predicted octanol–water partition coefficient (Wildman–Crippen LogP) is -0.334. The van der Waals surface area contributed by atoms with E-state index in [2.05, 4.69) is 16.0 Å². The summed E-state index contributed by atoms with van der Waals surface area (Å²) >= 11 is 0. The SMILES string of the molecule is CC(C)[C@H](NC(=O)[C@H](C)NC(=O)OC(C)(C)C)C(=O)N[C@@H](CCCCN)B(O)O. The summed E-state index contributed by atoms with van der Waals surface area (Å²) < 4.78 is 5.11. The highest BCUT2D eigenvalue weighted by Crippen LogP contribution is 2.08. The van der Waals surface area contributed by atoms with Crippen LogP contribution in [0.15, 0.2) is 0 Å². The minimum Gasteiger partial charge on any atom is -0.444 e. The van der Waals surface area contributed by atoms with Crippen LogP contribution in [0.5, 0.6) is 0 Å². The Hall–Kier alpha value is -1.85. The highest BCUT2D eigenvalue weighted by atomic mass is 16.6. The number of nitrogens with one attached hydrogen (secondary N) is 3. The first kappa shape index (κ1) is 27.2. The van der Waals surface area contributed by atoms with Crippen LogP contribution >= 0.6 is 0 Å². The molecule has 0 bridgehead atoms. The highest BCUT2D eigenvalue weighted by Gasteiger charge is 2.31. The van der Waals surface area contributed by atoms with Gasteiger partial charge >= 0.3 is 13.2 Å². The van der Waals surface area contributed by atoms with Gasteiger partial charge in [0.25, 0.3) is 0 Å². The van der Waals surface area contributed by atoms with Gasteiger partial charge in [0.15, 0.2) is 0 Å². The molecule has 0 fully saturated rings. The maximum Gasteiger partial charge on any atom is 0.475 e. The Morgan fingerprint density at radius 2 is 1.59 bits per heavy atom. The van der Waals surface area contributed by atoms with Crippen molar-refractivity contribution in [1.29, 1.82) is 0 Å². The first-order valence-electron chi connectivity index (χ1n) is 9.95. The third-order valence-corrected chi connectivity index (χ3v) is 4.03. The van der Waals surface area contributed by atoms with Crippen LogP contribution in [0.2, 0.25) is 0 Å². The van der Waals surface area contributed by atoms with Crippen LogP contribution < -0.4 is 21.7 Å². The summed E-state index contributed by atoms with van der Waals surface area (Å²) in [4.78, 5) is 36.9. The molecule has 0 aromatic rings. The lowest BCUT2D eigenvalue weighted by Gasteiger charge is -2.27. The van der Waals surface area contributed by atoms with Crippen LogP contribution in [0.3, 0.4) is 0 Å². The molecule has 0 saturated heterocycles. The fourth-order valence-electron chi connectivity index (χ4n) is 2.44. The largest absolute Gasteiger partial charge is 0.475 e. The van der Waals surface area contributed by atoms with E-state index >= 15 is 0 Å². The molecule has 0 unspecified atom stereocenters. The number of nitrogens with two attached hydrogens (primary N) is 1. The molecule has 0 rings (SSSR count). The molecule has 0 spiro atoms. The molecule has 3 atom stereocenters. The number of hydrogen-bond donors (Lipinski definition) is 6. The Balaban J connectivity index is 4.92. The van der Waals surface area contributed by atoms with Crippen molar-refractivity contribution < 1.29 is 29.2 Å². The zero-order valence-electron chi connectivity index (χ0n) is 18.3. The van der Waals surface area contributed by atoms with Gasteiger partial charge in [0.2, 0.25) is 11.8 Å². The van der Waals surface area contributed by atoms with E-state index in [4.69, 9.17) is 10.5 Å². The Labute approximate surface area is 173 Å². The molecule has 3 amide bonds. The van der Waals surface area contributed by atoms with Crippen molar-refractivity contribution in [3.8, 4) is 0 Å². The maximum absolute atomic E-state index is 12.6. The van der Waals surface area contributed by atoms with Crippen molar-refractivity contribution in [2.24, 2.45) is 11.7 Å². The van der Waals surface area contributed by atoms with Crippen molar-refractivity contribution in [3.05, 3.63) is 0 Å². The molecule has 0 radical (unpaired) electrons. The molecule has 168 valence electrons. The molecular weight excluding hydrogens is 379 g/mol. The zero-order valence-corrected chi connectivity index (χ0v) is 18.3. The van der Waals surface area contributed by atoms with Crippen LogP contribution in [0, 0.1) is 5.92 Å². The Kier molecular flexibility index (Phi) is 11.9. The van der Waals surface area contributed by atoms with Crippen LogP contribution in [0.1, 0.15) is 60.8 Å². The summed E-state index contributed by atoms with van der Waals surface area (Å²) in [6.45, 7) is 10.5. The predicted molar refractivity (Wildman–Crippen MR) is 111 cm³/mol. The molecule has 29 heavy (non-hydrogen) atoms. The lowest BCUT2D eigenvalue weighted by atomic mass is 9.76. The van der Waals surface area contributed by atoms with Gasteiger partial charge in [-0.2, -0.15) is 0 Å². The Morgan fingerprint density at radius 3 is 2.03 bits per heavy atom. The standard InChI is InChI=1S/C18H37BN4O6/c1-11(2)14(16(25)22-13(19(27)28)9-7-8-10-20)23-15(24)12(3)21-17(26)29-18(4,5)6/h11-14,27-28H,7-10,20H2,1-6H3,(H,21,26)(H,22,25)(H,23,24)/t12-,13-,14-/m0/s1. The van der Waals surface area contributed by atoms with Gasteiger partial charge in [-0.3, -0.25) is 9.59 Å². The first-order valence-corrected chi connectivity index (χ1v) is 9.95. The molecule has 0 aliphatic heterocycles. The average molecular weight is 416 g/mol. The molecule has 0 aliphatic rings. The molecule has 7 N–H and O–H groups in total. The fraction of sp³-hybridized carbons (Fsp3) is 0.833. The van der Waals surface area contributed by atoms with Gasteiger partial charge in [-0.05, 0) is 53.0 Å². The van der Waals surface area contributed by atoms with Gasteiger partial charge in [-0.25, -0.2) is 4.79 Å². The molecule has 11 heteroatoms. The van der Waals surface area contributed by atoms with E-state index in [-0.39, 0.29) is 5.92 Å². The van der Waals surface area contributed by atoms with Gasteiger partial charge in [0.1, 0.15) is 17.7 Å². The number of unbranched alkanes of at least 4 members (excludes halogenated alkanes) is 1. The van der Waals surface area contributed by atoms with Crippen LogP contribution in [-0.4, -0.2) is 65.2 Å². The molecule has 0 heterocycles. The monoisotopic (exact) mass is 416 g/mol. The highest BCUT2D eigenvalue weighted by molar-refractivity contribution is 6.43. The summed E-state index contributed by atoms with van der Waals surface area (Å²) in [5, 5.41) is 26.6. The van der Waals surface area contributed by atoms with Crippen LogP contribution in [0.25, 0.3) is 0 Å². The van der Waals surface area contributed by atoms with Crippen molar-refractivity contribution in [2.45, 2.75) is 84.4 Å². The Bertz CT molecular complexity index is 539. The second kappa shape index (κ2) is 12.7. The smallest absolute Gasteiger partial charge is 0.444 e. The number of carbonyl (C=O) groups is 3. The number of amides is 3. The van der Waals surface area contributed by atoms with E-state index < -0.39 is 48.7 Å². The number of rotatable bonds is 11. The molecule has 0 saturated carbocycles. The molecule has 10 nitrogen and oxygen atoms in total. The van der Waals surface area contributed by atoms with E-state index in [1.807, 2.05) is 0 Å². The van der Waals surface area contributed by atoms with Gasteiger partial charge in [0, 0.05) is 0 Å². The van der Waals surface area contributed by atoms with E-state index in [1.165, 1.54) is 6.92 Å². The van der Waals surface area contributed by atoms with Gasteiger partial charge in [-0.1, -0.05) is 20.3 Å². The van der Waals surface area contributed by atoms with E-state index in [9.17, 15) is 24.4 Å². The summed E-state index contributed by atoms with van der Waals surface area (Å²) in [6.07, 6.45) is 0.913. The van der Waals surface area contributed by atoms with Gasteiger partial charge in [-0.15, -0.1) is 0 Å². The minimum absolute atomic E-state index is 0.270. The topological polar surface area (TPSA) is 163 Å². The Morgan fingerprint density at radius 1 is 1.00 bits per heavy atom. The lowest BCUT2D eigenvalue weighted by Crippen LogP contribution is -2.58. The second-order valence-corrected chi connectivity index (χ2v) is 8.41. The number of ether oxygens (including phenoxy) is 1. The maximum atomic E-state index is 12.6. The third-order valence-electron chi connectivity index (χ3n) is 4.03. The van der Waals surface area contributed by atoms with Crippen molar-refractivity contribution in [1.82, 2.24) is 16.0 Å². The summed E-state index contributed by atoms with van der Waals surface area (Å²) in [6, 6.07) is -1.84. The fourth-order valence-corrected chi connectivity index (χ4v) is 2.44. The molecule has 0 aliphatic carbocycles. The number of carbonyl (C=O) groups excluding carboxylic acids is 3. The average Bonchev–Trinajstić information content (AvgIpc) is 2.56. The number of alkyl carbamates (subject to hydrolysis) is 1.